The lowest BCUT2D eigenvalue weighted by Gasteiger charge is -2.23. The second-order valence-electron chi connectivity index (χ2n) is 12.8. The van der Waals surface area contributed by atoms with Crippen LogP contribution in [0.15, 0.2) is 103 Å². The Bertz CT molecular complexity index is 1760. The third-order valence-corrected chi connectivity index (χ3v) is 7.11. The molecular formula is C40H43NO9. The molecule has 0 fully saturated rings. The summed E-state index contributed by atoms with van der Waals surface area (Å²) in [6.07, 6.45) is 0. The van der Waals surface area contributed by atoms with Gasteiger partial charge in [-0.05, 0) is 106 Å². The number of carbonyl (C=O) groups excluding carboxylic acids is 5. The Morgan fingerprint density at radius 1 is 0.580 bits per heavy atom. The first kappa shape index (κ1) is 38.7. The Kier molecular flexibility index (Phi) is 13.2. The molecule has 0 atom stereocenters. The Labute approximate surface area is 293 Å². The highest BCUT2D eigenvalue weighted by Crippen LogP contribution is 2.31. The monoisotopic (exact) mass is 681 g/mol. The van der Waals surface area contributed by atoms with Crippen molar-refractivity contribution >= 4 is 29.8 Å². The van der Waals surface area contributed by atoms with Crippen LogP contribution < -0.4 is 9.47 Å². The summed E-state index contributed by atoms with van der Waals surface area (Å²) < 4.78 is 21.4. The molecule has 50 heavy (non-hydrogen) atoms. The van der Waals surface area contributed by atoms with E-state index in [1.807, 2.05) is 6.07 Å². The van der Waals surface area contributed by atoms with Crippen LogP contribution in [-0.2, 0) is 28.7 Å². The number of hydrogen-bond acceptors (Lipinski definition) is 9. The van der Waals surface area contributed by atoms with Crippen LogP contribution in [0.3, 0.4) is 0 Å². The van der Waals surface area contributed by atoms with Crippen molar-refractivity contribution in [2.45, 2.75) is 41.5 Å². The van der Waals surface area contributed by atoms with Crippen molar-refractivity contribution in [1.29, 1.82) is 0 Å². The zero-order valence-corrected chi connectivity index (χ0v) is 29.4. The first-order chi connectivity index (χ1) is 23.5. The molecule has 0 saturated heterocycles. The zero-order valence-electron chi connectivity index (χ0n) is 29.4. The van der Waals surface area contributed by atoms with Crippen molar-refractivity contribution in [3.63, 3.8) is 0 Å². The summed E-state index contributed by atoms with van der Waals surface area (Å²) in [6.45, 7) is 20.5. The molecule has 0 bridgehead atoms. The van der Waals surface area contributed by atoms with Crippen molar-refractivity contribution in [3.8, 4) is 33.8 Å². The smallest absolute Gasteiger partial charge is 0.338 e. The minimum absolute atomic E-state index is 0.0126. The van der Waals surface area contributed by atoms with Crippen LogP contribution in [0.4, 0.5) is 0 Å². The minimum Gasteiger partial charge on any atom is -0.460 e. The molecule has 262 valence electrons. The molecule has 0 aromatic heterocycles. The molecule has 0 spiro atoms. The van der Waals surface area contributed by atoms with Gasteiger partial charge in [-0.25, -0.2) is 14.4 Å². The number of ether oxygens (including phenoxy) is 4. The Balaban J connectivity index is 2.03. The van der Waals surface area contributed by atoms with Crippen LogP contribution >= 0.6 is 0 Å². The largest absolute Gasteiger partial charge is 0.460 e. The second-order valence-corrected chi connectivity index (χ2v) is 12.8. The lowest BCUT2D eigenvalue weighted by molar-refractivity contribution is -0.143. The lowest BCUT2D eigenvalue weighted by Crippen LogP contribution is -2.37. The van der Waals surface area contributed by atoms with Gasteiger partial charge in [-0.15, -0.1) is 0 Å². The molecule has 3 rings (SSSR count). The van der Waals surface area contributed by atoms with E-state index >= 15 is 0 Å². The molecule has 3 aromatic rings. The van der Waals surface area contributed by atoms with Gasteiger partial charge in [-0.2, -0.15) is 0 Å². The van der Waals surface area contributed by atoms with Gasteiger partial charge in [0.25, 0.3) is 5.91 Å². The van der Waals surface area contributed by atoms with Crippen molar-refractivity contribution in [2.75, 3.05) is 26.3 Å². The molecule has 0 aliphatic heterocycles. The predicted octanol–water partition coefficient (Wildman–Crippen LogP) is 7.13. The van der Waals surface area contributed by atoms with Crippen molar-refractivity contribution in [2.24, 2.45) is 5.41 Å². The van der Waals surface area contributed by atoms with E-state index in [0.29, 0.717) is 28.2 Å². The summed E-state index contributed by atoms with van der Waals surface area (Å²) >= 11 is 0. The average Bonchev–Trinajstić information content (AvgIpc) is 3.06. The number of amides is 1. The van der Waals surface area contributed by atoms with Gasteiger partial charge in [-0.1, -0.05) is 44.0 Å². The van der Waals surface area contributed by atoms with E-state index in [2.05, 4.69) is 19.7 Å². The second kappa shape index (κ2) is 17.1. The quantitative estimate of drug-likeness (QED) is 0.0992. The summed E-state index contributed by atoms with van der Waals surface area (Å²) in [5.41, 5.74) is 3.13. The molecule has 0 saturated carbocycles. The maximum atomic E-state index is 14.1. The summed E-state index contributed by atoms with van der Waals surface area (Å²) in [7, 11) is 0. The standard InChI is InChI=1S/C40H43NO9/c1-25(2)36(43)47-20-18-41(19-21-48-37(44)26(3)4)35(42)32-23-30(28-10-14-33(15-11-28)49-38(45)27(5)6)22-31(24-32)29-12-16-34(17-13-29)50-39(46)40(7,8)9/h10-17,22-24H,1,3,5,18-21H2,2,4,6-9H3. The van der Waals surface area contributed by atoms with E-state index in [1.54, 1.807) is 88.4 Å². The van der Waals surface area contributed by atoms with Gasteiger partial charge in [0.1, 0.15) is 24.7 Å². The summed E-state index contributed by atoms with van der Waals surface area (Å²) in [5.74, 6) is -1.81. The molecule has 0 N–H and O–H groups in total. The maximum absolute atomic E-state index is 14.1. The Morgan fingerprint density at radius 3 is 1.36 bits per heavy atom. The lowest BCUT2D eigenvalue weighted by atomic mass is 9.95. The number of benzene rings is 3. The van der Waals surface area contributed by atoms with Gasteiger partial charge in [-0.3, -0.25) is 9.59 Å². The molecule has 0 aliphatic rings. The molecule has 10 heteroatoms. The molecule has 0 unspecified atom stereocenters. The number of rotatable bonds is 14. The van der Waals surface area contributed by atoms with Crippen LogP contribution in [0.5, 0.6) is 11.5 Å². The summed E-state index contributed by atoms with van der Waals surface area (Å²) in [5, 5.41) is 0. The Morgan fingerprint density at radius 2 is 0.980 bits per heavy atom. The summed E-state index contributed by atoms with van der Waals surface area (Å²) in [6, 6.07) is 19.0. The highest BCUT2D eigenvalue weighted by atomic mass is 16.5. The van der Waals surface area contributed by atoms with Gasteiger partial charge < -0.3 is 23.8 Å². The van der Waals surface area contributed by atoms with E-state index in [4.69, 9.17) is 18.9 Å². The van der Waals surface area contributed by atoms with Gasteiger partial charge in [0, 0.05) is 22.3 Å². The van der Waals surface area contributed by atoms with Crippen molar-refractivity contribution < 1.29 is 42.9 Å². The normalized spacial score (nSPS) is 10.8. The molecule has 10 nitrogen and oxygen atoms in total. The number of nitrogens with zero attached hydrogens (tertiary/aromatic N) is 1. The third kappa shape index (κ3) is 11.2. The highest BCUT2D eigenvalue weighted by Gasteiger charge is 2.24. The van der Waals surface area contributed by atoms with Gasteiger partial charge >= 0.3 is 23.9 Å². The zero-order chi connectivity index (χ0) is 37.2. The van der Waals surface area contributed by atoms with E-state index in [0.717, 1.165) is 11.1 Å². The van der Waals surface area contributed by atoms with Crippen LogP contribution in [0.25, 0.3) is 22.3 Å². The third-order valence-electron chi connectivity index (χ3n) is 7.11. The van der Waals surface area contributed by atoms with Crippen LogP contribution in [0, 0.1) is 5.41 Å². The van der Waals surface area contributed by atoms with E-state index in [1.165, 1.54) is 18.7 Å². The van der Waals surface area contributed by atoms with Crippen LogP contribution in [0.2, 0.25) is 0 Å². The van der Waals surface area contributed by atoms with Crippen LogP contribution in [-0.4, -0.2) is 61.0 Å². The molecule has 0 radical (unpaired) electrons. The Hall–Kier alpha value is -5.77. The van der Waals surface area contributed by atoms with E-state index in [9.17, 15) is 24.0 Å². The average molecular weight is 682 g/mol. The maximum Gasteiger partial charge on any atom is 0.338 e. The molecule has 0 aliphatic carbocycles. The van der Waals surface area contributed by atoms with Crippen molar-refractivity contribution in [3.05, 3.63) is 109 Å². The number of carbonyl (C=O) groups is 5. The topological polar surface area (TPSA) is 126 Å². The fourth-order valence-corrected chi connectivity index (χ4v) is 4.21. The first-order valence-electron chi connectivity index (χ1n) is 15.9. The predicted molar refractivity (Wildman–Crippen MR) is 190 cm³/mol. The van der Waals surface area contributed by atoms with Gasteiger partial charge in [0.2, 0.25) is 0 Å². The van der Waals surface area contributed by atoms with Gasteiger partial charge in [0.05, 0.1) is 18.5 Å². The molecular weight excluding hydrogens is 638 g/mol. The fraction of sp³-hybridized carbons (Fsp3) is 0.275. The summed E-state index contributed by atoms with van der Waals surface area (Å²) in [4.78, 5) is 64.1. The van der Waals surface area contributed by atoms with Gasteiger partial charge in [0.15, 0.2) is 0 Å². The van der Waals surface area contributed by atoms with E-state index < -0.39 is 29.2 Å². The molecule has 0 heterocycles. The van der Waals surface area contributed by atoms with Crippen molar-refractivity contribution in [1.82, 2.24) is 4.90 Å². The number of esters is 4. The molecule has 1 amide bonds. The SMILES string of the molecule is C=C(C)C(=O)OCCN(CCOC(=O)C(=C)C)C(=O)c1cc(-c2ccc(OC(=O)C(=C)C)cc2)cc(-c2ccc(OC(=O)C(C)(C)C)cc2)c1. The minimum atomic E-state index is -0.682. The highest BCUT2D eigenvalue weighted by molar-refractivity contribution is 5.97. The molecule has 3 aromatic carbocycles. The van der Waals surface area contributed by atoms with E-state index in [-0.39, 0.29) is 49.0 Å². The van der Waals surface area contributed by atoms with Crippen LogP contribution in [0.1, 0.15) is 51.9 Å². The number of hydrogen-bond donors (Lipinski definition) is 0. The fourth-order valence-electron chi connectivity index (χ4n) is 4.21. The first-order valence-corrected chi connectivity index (χ1v) is 15.9.